The van der Waals surface area contributed by atoms with Crippen molar-refractivity contribution in [3.63, 3.8) is 0 Å². The summed E-state index contributed by atoms with van der Waals surface area (Å²) in [6.07, 6.45) is 1.89. The van der Waals surface area contributed by atoms with Crippen molar-refractivity contribution in [1.82, 2.24) is 5.32 Å². The smallest absolute Gasteiger partial charge is 0.305 e. The zero-order valence-electron chi connectivity index (χ0n) is 10.3. The molecule has 18 heavy (non-hydrogen) atoms. The second kappa shape index (κ2) is 5.31. The van der Waals surface area contributed by atoms with E-state index in [1.54, 1.807) is 12.1 Å². The van der Waals surface area contributed by atoms with Crippen LogP contribution in [0.1, 0.15) is 35.2 Å². The first-order chi connectivity index (χ1) is 8.56. The van der Waals surface area contributed by atoms with Gasteiger partial charge in [-0.25, -0.2) is 0 Å². The van der Waals surface area contributed by atoms with Gasteiger partial charge >= 0.3 is 5.97 Å². The summed E-state index contributed by atoms with van der Waals surface area (Å²) in [5, 5.41) is 12.0. The zero-order chi connectivity index (χ0) is 13.1. The molecule has 0 saturated heterocycles. The van der Waals surface area contributed by atoms with Gasteiger partial charge < -0.3 is 10.4 Å². The number of carboxylic acid groups (broad SMARTS) is 1. The standard InChI is InChI=1S/C14H17NO3/c1-9-2-4-10(5-3-9)14(18)12(8-13(16)17)15-11-6-7-11/h2-5,11-12,15H,6-8H2,1H3,(H,16,17). The van der Waals surface area contributed by atoms with Gasteiger partial charge in [0.1, 0.15) is 0 Å². The Morgan fingerprint density at radius 2 is 1.94 bits per heavy atom. The van der Waals surface area contributed by atoms with Crippen LogP contribution in [0, 0.1) is 6.92 Å². The third kappa shape index (κ3) is 3.40. The van der Waals surface area contributed by atoms with E-state index in [4.69, 9.17) is 5.11 Å². The number of Topliss-reactive ketones (excluding diaryl/α,β-unsaturated/α-hetero) is 1. The molecule has 0 spiro atoms. The first kappa shape index (κ1) is 12.8. The molecule has 2 N–H and O–H groups in total. The van der Waals surface area contributed by atoms with Crippen molar-refractivity contribution in [1.29, 1.82) is 0 Å². The Bertz CT molecular complexity index is 449. The quantitative estimate of drug-likeness (QED) is 0.752. The maximum absolute atomic E-state index is 12.2. The molecule has 1 atom stereocenters. The number of aliphatic carboxylic acids is 1. The van der Waals surface area contributed by atoms with Crippen LogP contribution < -0.4 is 5.32 Å². The molecular weight excluding hydrogens is 230 g/mol. The summed E-state index contributed by atoms with van der Waals surface area (Å²) in [6.45, 7) is 1.95. The Kier molecular flexibility index (Phi) is 3.77. The van der Waals surface area contributed by atoms with Crippen LogP contribution in [-0.2, 0) is 4.79 Å². The number of aryl methyl sites for hydroxylation is 1. The van der Waals surface area contributed by atoms with Crippen molar-refractivity contribution in [2.24, 2.45) is 0 Å². The fourth-order valence-electron chi connectivity index (χ4n) is 1.86. The van der Waals surface area contributed by atoms with Gasteiger partial charge in [0, 0.05) is 11.6 Å². The molecule has 1 fully saturated rings. The molecule has 1 unspecified atom stereocenters. The van der Waals surface area contributed by atoms with Gasteiger partial charge in [-0.15, -0.1) is 0 Å². The van der Waals surface area contributed by atoms with Gasteiger partial charge in [-0.1, -0.05) is 29.8 Å². The average Bonchev–Trinajstić information content (AvgIpc) is 3.12. The fraction of sp³-hybridized carbons (Fsp3) is 0.429. The van der Waals surface area contributed by atoms with E-state index in [2.05, 4.69) is 5.32 Å². The summed E-state index contributed by atoms with van der Waals surface area (Å²) in [5.74, 6) is -1.09. The highest BCUT2D eigenvalue weighted by molar-refractivity contribution is 6.01. The fourth-order valence-corrected chi connectivity index (χ4v) is 1.86. The number of rotatable bonds is 6. The van der Waals surface area contributed by atoms with Crippen LogP contribution in [0.2, 0.25) is 0 Å². The van der Waals surface area contributed by atoms with Gasteiger partial charge in [0.15, 0.2) is 5.78 Å². The van der Waals surface area contributed by atoms with Crippen molar-refractivity contribution < 1.29 is 14.7 Å². The number of hydrogen-bond acceptors (Lipinski definition) is 3. The third-order valence-corrected chi connectivity index (χ3v) is 3.05. The molecule has 1 aromatic carbocycles. The van der Waals surface area contributed by atoms with E-state index < -0.39 is 12.0 Å². The first-order valence-electron chi connectivity index (χ1n) is 6.15. The van der Waals surface area contributed by atoms with Crippen LogP contribution in [0.4, 0.5) is 0 Å². The highest BCUT2D eigenvalue weighted by Gasteiger charge is 2.30. The maximum atomic E-state index is 12.2. The molecule has 0 radical (unpaired) electrons. The summed E-state index contributed by atoms with van der Waals surface area (Å²) in [6, 6.07) is 6.92. The van der Waals surface area contributed by atoms with Crippen LogP contribution in [0.3, 0.4) is 0 Å². The zero-order valence-corrected chi connectivity index (χ0v) is 10.3. The molecule has 1 aliphatic rings. The summed E-state index contributed by atoms with van der Waals surface area (Å²) in [5.41, 5.74) is 1.65. The molecule has 0 aliphatic heterocycles. The largest absolute Gasteiger partial charge is 0.481 e. The van der Waals surface area contributed by atoms with Gasteiger partial charge in [0.25, 0.3) is 0 Å². The van der Waals surface area contributed by atoms with Crippen LogP contribution in [0.15, 0.2) is 24.3 Å². The number of carboxylic acids is 1. The normalized spacial score (nSPS) is 16.3. The molecule has 4 nitrogen and oxygen atoms in total. The molecule has 96 valence electrons. The molecule has 0 heterocycles. The third-order valence-electron chi connectivity index (χ3n) is 3.05. The lowest BCUT2D eigenvalue weighted by Gasteiger charge is -2.15. The summed E-state index contributed by atoms with van der Waals surface area (Å²) in [7, 11) is 0. The lowest BCUT2D eigenvalue weighted by atomic mass is 10.0. The second-order valence-electron chi connectivity index (χ2n) is 4.82. The van der Waals surface area contributed by atoms with E-state index in [0.717, 1.165) is 18.4 Å². The van der Waals surface area contributed by atoms with Crippen LogP contribution in [0.25, 0.3) is 0 Å². The molecule has 2 rings (SSSR count). The van der Waals surface area contributed by atoms with Crippen LogP contribution in [0.5, 0.6) is 0 Å². The Balaban J connectivity index is 2.10. The van der Waals surface area contributed by atoms with E-state index in [1.807, 2.05) is 19.1 Å². The first-order valence-corrected chi connectivity index (χ1v) is 6.15. The van der Waals surface area contributed by atoms with Crippen LogP contribution >= 0.6 is 0 Å². The molecule has 1 aromatic rings. The minimum atomic E-state index is -0.950. The van der Waals surface area contributed by atoms with E-state index in [-0.39, 0.29) is 12.2 Å². The Hall–Kier alpha value is -1.68. The van der Waals surface area contributed by atoms with Crippen LogP contribution in [-0.4, -0.2) is 28.9 Å². The molecule has 0 aromatic heterocycles. The molecule has 1 aliphatic carbocycles. The predicted molar refractivity (Wildman–Crippen MR) is 67.7 cm³/mol. The van der Waals surface area contributed by atoms with Gasteiger partial charge in [0.2, 0.25) is 0 Å². The molecular formula is C14H17NO3. The van der Waals surface area contributed by atoms with Crippen molar-refractivity contribution in [2.75, 3.05) is 0 Å². The molecule has 0 amide bonds. The average molecular weight is 247 g/mol. The van der Waals surface area contributed by atoms with Gasteiger partial charge in [-0.3, -0.25) is 9.59 Å². The highest BCUT2D eigenvalue weighted by atomic mass is 16.4. The van der Waals surface area contributed by atoms with Crippen molar-refractivity contribution in [3.05, 3.63) is 35.4 Å². The predicted octanol–water partition coefficient (Wildman–Crippen LogP) is 1.77. The summed E-state index contributed by atoms with van der Waals surface area (Å²) in [4.78, 5) is 23.0. The van der Waals surface area contributed by atoms with Gasteiger partial charge in [0.05, 0.1) is 12.5 Å². The second-order valence-corrected chi connectivity index (χ2v) is 4.82. The highest BCUT2D eigenvalue weighted by Crippen LogP contribution is 2.21. The minimum absolute atomic E-state index is 0.135. The molecule has 4 heteroatoms. The summed E-state index contributed by atoms with van der Waals surface area (Å²) >= 11 is 0. The minimum Gasteiger partial charge on any atom is -0.481 e. The van der Waals surface area contributed by atoms with E-state index in [0.29, 0.717) is 11.6 Å². The Morgan fingerprint density at radius 3 is 2.44 bits per heavy atom. The molecule has 1 saturated carbocycles. The van der Waals surface area contributed by atoms with E-state index in [9.17, 15) is 9.59 Å². The summed E-state index contributed by atoms with van der Waals surface area (Å²) < 4.78 is 0. The molecule has 0 bridgehead atoms. The van der Waals surface area contributed by atoms with Crippen molar-refractivity contribution in [2.45, 2.75) is 38.3 Å². The topological polar surface area (TPSA) is 66.4 Å². The number of nitrogens with one attached hydrogen (secondary N) is 1. The van der Waals surface area contributed by atoms with Crippen molar-refractivity contribution in [3.8, 4) is 0 Å². The number of benzene rings is 1. The van der Waals surface area contributed by atoms with E-state index in [1.165, 1.54) is 0 Å². The van der Waals surface area contributed by atoms with E-state index >= 15 is 0 Å². The monoisotopic (exact) mass is 247 g/mol. The number of ketones is 1. The van der Waals surface area contributed by atoms with Gasteiger partial charge in [-0.2, -0.15) is 0 Å². The van der Waals surface area contributed by atoms with Crippen molar-refractivity contribution >= 4 is 11.8 Å². The maximum Gasteiger partial charge on any atom is 0.305 e. The Labute approximate surface area is 106 Å². The lowest BCUT2D eigenvalue weighted by Crippen LogP contribution is -2.40. The number of carbonyl (C=O) groups is 2. The SMILES string of the molecule is Cc1ccc(C(=O)C(CC(=O)O)NC2CC2)cc1. The van der Waals surface area contributed by atoms with Gasteiger partial charge in [-0.05, 0) is 19.8 Å². The number of hydrogen-bond donors (Lipinski definition) is 2. The lowest BCUT2D eigenvalue weighted by molar-refractivity contribution is -0.137. The Morgan fingerprint density at radius 1 is 1.33 bits per heavy atom. The number of carbonyl (C=O) groups excluding carboxylic acids is 1.